The van der Waals surface area contributed by atoms with Crippen LogP contribution in [0, 0.1) is 6.92 Å². The van der Waals surface area contributed by atoms with Crippen molar-refractivity contribution in [2.24, 2.45) is 0 Å². The fraction of sp³-hybridized carbons (Fsp3) is 0.125. The third-order valence-corrected chi connectivity index (χ3v) is 3.70. The third kappa shape index (κ3) is 2.76. The minimum Gasteiger partial charge on any atom is -0.326 e. The van der Waals surface area contributed by atoms with Crippen LogP contribution in [0.4, 0.5) is 11.4 Å². The molecule has 2 N–H and O–H groups in total. The average molecular weight is 301 g/mol. The van der Waals surface area contributed by atoms with Gasteiger partial charge in [0.25, 0.3) is 5.91 Å². The Labute approximate surface area is 127 Å². The van der Waals surface area contributed by atoms with Crippen LogP contribution < -0.4 is 10.6 Å². The normalized spacial score (nSPS) is 12.8. The van der Waals surface area contributed by atoms with Gasteiger partial charge < -0.3 is 10.6 Å². The Morgan fingerprint density at radius 3 is 2.86 bits per heavy atom. The average Bonchev–Trinajstić information content (AvgIpc) is 2.81. The Morgan fingerprint density at radius 2 is 2.05 bits per heavy atom. The molecule has 1 aliphatic rings. The number of nitrogens with one attached hydrogen (secondary N) is 2. The van der Waals surface area contributed by atoms with Gasteiger partial charge in [-0.3, -0.25) is 9.59 Å². The second kappa shape index (κ2) is 5.22. The predicted octanol–water partition coefficient (Wildman–Crippen LogP) is 3.40. The number of carbonyl (C=O) groups excluding carboxylic acids is 2. The maximum Gasteiger partial charge on any atom is 0.255 e. The highest BCUT2D eigenvalue weighted by molar-refractivity contribution is 6.34. The molecule has 0 aliphatic carbocycles. The second-order valence-corrected chi connectivity index (χ2v) is 5.44. The number of fused-ring (bicyclic) bond motifs is 1. The molecule has 21 heavy (non-hydrogen) atoms. The van der Waals surface area contributed by atoms with Gasteiger partial charge >= 0.3 is 0 Å². The van der Waals surface area contributed by atoms with Gasteiger partial charge in [0.1, 0.15) is 0 Å². The van der Waals surface area contributed by atoms with Crippen LogP contribution in [0.3, 0.4) is 0 Å². The first-order valence-electron chi connectivity index (χ1n) is 6.53. The van der Waals surface area contributed by atoms with Crippen molar-refractivity contribution >= 4 is 34.8 Å². The number of aryl methyl sites for hydroxylation is 1. The summed E-state index contributed by atoms with van der Waals surface area (Å²) in [6.07, 6.45) is 0.362. The summed E-state index contributed by atoms with van der Waals surface area (Å²) in [5.74, 6) is -0.310. The first-order chi connectivity index (χ1) is 10.0. The van der Waals surface area contributed by atoms with Crippen molar-refractivity contribution in [3.8, 4) is 0 Å². The summed E-state index contributed by atoms with van der Waals surface area (Å²) in [5, 5.41) is 6.01. The molecule has 5 heteroatoms. The maximum absolute atomic E-state index is 12.3. The van der Waals surface area contributed by atoms with E-state index in [2.05, 4.69) is 10.6 Å². The topological polar surface area (TPSA) is 58.2 Å². The maximum atomic E-state index is 12.3. The molecule has 2 aromatic rings. The molecular formula is C16H13ClN2O2. The minimum absolute atomic E-state index is 0.0516. The van der Waals surface area contributed by atoms with Crippen LogP contribution in [0.1, 0.15) is 21.5 Å². The van der Waals surface area contributed by atoms with Crippen LogP contribution in [0.25, 0.3) is 0 Å². The van der Waals surface area contributed by atoms with Gasteiger partial charge in [0, 0.05) is 11.3 Å². The van der Waals surface area contributed by atoms with E-state index in [1.54, 1.807) is 24.3 Å². The van der Waals surface area contributed by atoms with Crippen molar-refractivity contribution in [3.05, 3.63) is 58.1 Å². The predicted molar refractivity (Wildman–Crippen MR) is 82.9 cm³/mol. The zero-order valence-corrected chi connectivity index (χ0v) is 12.1. The van der Waals surface area contributed by atoms with Gasteiger partial charge in [0.05, 0.1) is 17.1 Å². The Balaban J connectivity index is 1.85. The van der Waals surface area contributed by atoms with E-state index in [1.807, 2.05) is 19.1 Å². The van der Waals surface area contributed by atoms with Crippen LogP contribution in [-0.2, 0) is 11.2 Å². The molecule has 0 atom stereocenters. The molecule has 3 rings (SSSR count). The van der Waals surface area contributed by atoms with Crippen LogP contribution >= 0.6 is 11.6 Å². The number of halogens is 1. The molecule has 0 unspecified atom stereocenters. The van der Waals surface area contributed by atoms with Crippen molar-refractivity contribution < 1.29 is 9.59 Å². The van der Waals surface area contributed by atoms with Crippen LogP contribution in [0.15, 0.2) is 36.4 Å². The number of hydrogen-bond donors (Lipinski definition) is 2. The molecule has 4 nitrogen and oxygen atoms in total. The van der Waals surface area contributed by atoms with E-state index in [1.165, 1.54) is 0 Å². The molecule has 0 spiro atoms. The van der Waals surface area contributed by atoms with Gasteiger partial charge in [0.2, 0.25) is 5.91 Å². The third-order valence-electron chi connectivity index (χ3n) is 3.37. The summed E-state index contributed by atoms with van der Waals surface area (Å²) >= 11 is 6.07. The highest BCUT2D eigenvalue weighted by Gasteiger charge is 2.19. The van der Waals surface area contributed by atoms with Crippen molar-refractivity contribution in [2.45, 2.75) is 13.3 Å². The van der Waals surface area contributed by atoms with Crippen molar-refractivity contribution in [2.75, 3.05) is 10.6 Å². The Bertz CT molecular complexity index is 756. The zero-order chi connectivity index (χ0) is 15.0. The van der Waals surface area contributed by atoms with Crippen molar-refractivity contribution in [1.29, 1.82) is 0 Å². The number of anilines is 2. The quantitative estimate of drug-likeness (QED) is 0.893. The van der Waals surface area contributed by atoms with Gasteiger partial charge in [-0.2, -0.15) is 0 Å². The van der Waals surface area contributed by atoms with Gasteiger partial charge in [-0.1, -0.05) is 23.7 Å². The molecule has 0 bridgehead atoms. The van der Waals surface area contributed by atoms with Gasteiger partial charge in [0.15, 0.2) is 0 Å². The molecule has 2 amide bonds. The van der Waals surface area contributed by atoms with Crippen LogP contribution in [0.2, 0.25) is 5.02 Å². The van der Waals surface area contributed by atoms with Crippen LogP contribution in [0.5, 0.6) is 0 Å². The second-order valence-electron chi connectivity index (χ2n) is 5.03. The Kier molecular flexibility index (Phi) is 3.39. The summed E-state index contributed by atoms with van der Waals surface area (Å²) in [6.45, 7) is 1.93. The number of benzene rings is 2. The van der Waals surface area contributed by atoms with E-state index < -0.39 is 0 Å². The van der Waals surface area contributed by atoms with E-state index in [0.717, 1.165) is 11.1 Å². The number of carbonyl (C=O) groups is 2. The fourth-order valence-corrected chi connectivity index (χ4v) is 2.45. The van der Waals surface area contributed by atoms with Gasteiger partial charge in [-0.25, -0.2) is 0 Å². The highest BCUT2D eigenvalue weighted by atomic mass is 35.5. The van der Waals surface area contributed by atoms with Crippen molar-refractivity contribution in [3.63, 3.8) is 0 Å². The molecule has 1 aliphatic heterocycles. The summed E-state index contributed by atoms with van der Waals surface area (Å²) in [7, 11) is 0. The molecule has 0 saturated carbocycles. The van der Waals surface area contributed by atoms with Crippen molar-refractivity contribution in [1.82, 2.24) is 0 Å². The van der Waals surface area contributed by atoms with E-state index in [-0.39, 0.29) is 11.8 Å². The summed E-state index contributed by atoms with van der Waals surface area (Å²) in [4.78, 5) is 23.6. The Hall–Kier alpha value is -2.33. The molecule has 0 fully saturated rings. The fourth-order valence-electron chi connectivity index (χ4n) is 2.28. The SMILES string of the molecule is Cc1ccc(Cl)c(NC(=O)c2ccc3c(c2)NC(=O)C3)c1. The van der Waals surface area contributed by atoms with Gasteiger partial charge in [-0.05, 0) is 42.3 Å². The molecule has 0 saturated heterocycles. The zero-order valence-electron chi connectivity index (χ0n) is 11.4. The lowest BCUT2D eigenvalue weighted by Gasteiger charge is -2.09. The van der Waals surface area contributed by atoms with Gasteiger partial charge in [-0.15, -0.1) is 0 Å². The summed E-state index contributed by atoms with van der Waals surface area (Å²) < 4.78 is 0. The molecule has 106 valence electrons. The monoisotopic (exact) mass is 300 g/mol. The Morgan fingerprint density at radius 1 is 1.24 bits per heavy atom. The number of amides is 2. The standard InChI is InChI=1S/C16H13ClN2O2/c1-9-2-5-12(17)14(6-9)19-16(21)11-4-3-10-8-15(20)18-13(10)7-11/h2-7H,8H2,1H3,(H,18,20)(H,19,21). The lowest BCUT2D eigenvalue weighted by Crippen LogP contribution is -2.12. The van der Waals surface area contributed by atoms with E-state index >= 15 is 0 Å². The lowest BCUT2D eigenvalue weighted by molar-refractivity contribution is -0.115. The molecule has 2 aromatic carbocycles. The minimum atomic E-state index is -0.258. The van der Waals surface area contributed by atoms with E-state index in [4.69, 9.17) is 11.6 Å². The lowest BCUT2D eigenvalue weighted by atomic mass is 10.1. The largest absolute Gasteiger partial charge is 0.326 e. The highest BCUT2D eigenvalue weighted by Crippen LogP contribution is 2.26. The summed E-state index contributed by atoms with van der Waals surface area (Å²) in [5.41, 5.74) is 3.67. The number of rotatable bonds is 2. The number of hydrogen-bond acceptors (Lipinski definition) is 2. The molecule has 0 radical (unpaired) electrons. The first kappa shape index (κ1) is 13.6. The van der Waals surface area contributed by atoms with E-state index in [9.17, 15) is 9.59 Å². The molecular weight excluding hydrogens is 288 g/mol. The molecule has 1 heterocycles. The van der Waals surface area contributed by atoms with E-state index in [0.29, 0.717) is 28.4 Å². The molecule has 0 aromatic heterocycles. The summed E-state index contributed by atoms with van der Waals surface area (Å²) in [6, 6.07) is 10.6. The first-order valence-corrected chi connectivity index (χ1v) is 6.91. The van der Waals surface area contributed by atoms with Crippen LogP contribution in [-0.4, -0.2) is 11.8 Å². The smallest absolute Gasteiger partial charge is 0.255 e.